The molecule has 110 valence electrons. The van der Waals surface area contributed by atoms with Crippen molar-refractivity contribution in [1.82, 2.24) is 10.2 Å². The van der Waals surface area contributed by atoms with Crippen molar-refractivity contribution in [2.45, 2.75) is 89.1 Å². The van der Waals surface area contributed by atoms with Crippen molar-refractivity contribution in [3.8, 4) is 0 Å². The molecule has 3 heteroatoms. The number of hydrogen-bond donors (Lipinski definition) is 1. The maximum absolute atomic E-state index is 6.24. The lowest BCUT2D eigenvalue weighted by Crippen LogP contribution is -2.40. The van der Waals surface area contributed by atoms with Crippen LogP contribution in [0, 0.1) is 0 Å². The van der Waals surface area contributed by atoms with Gasteiger partial charge in [-0.2, -0.15) is 0 Å². The van der Waals surface area contributed by atoms with E-state index in [1.165, 1.54) is 51.5 Å². The summed E-state index contributed by atoms with van der Waals surface area (Å²) in [5.74, 6) is 0. The van der Waals surface area contributed by atoms with Gasteiger partial charge in [0, 0.05) is 31.2 Å². The lowest BCUT2D eigenvalue weighted by atomic mass is 10.1. The molecule has 0 aromatic heterocycles. The van der Waals surface area contributed by atoms with E-state index in [1.807, 2.05) is 0 Å². The van der Waals surface area contributed by atoms with Crippen LogP contribution in [0.3, 0.4) is 0 Å². The van der Waals surface area contributed by atoms with Crippen LogP contribution in [0.15, 0.2) is 0 Å². The minimum atomic E-state index is 0.476. The molecule has 0 radical (unpaired) electrons. The van der Waals surface area contributed by atoms with Crippen molar-refractivity contribution in [3.63, 3.8) is 0 Å². The standard InChI is InChI=1S/C16H30N2O/c1-3-14-7-4-12(2)18(14)11-16-9-8-15(19-16)10-17-13-5-6-13/h12-17H,3-11H2,1-2H3. The summed E-state index contributed by atoms with van der Waals surface area (Å²) in [6.07, 6.45) is 10.3. The van der Waals surface area contributed by atoms with Crippen molar-refractivity contribution in [3.05, 3.63) is 0 Å². The molecular weight excluding hydrogens is 236 g/mol. The average molecular weight is 266 g/mol. The van der Waals surface area contributed by atoms with E-state index < -0.39 is 0 Å². The molecule has 4 atom stereocenters. The van der Waals surface area contributed by atoms with Crippen molar-refractivity contribution in [2.24, 2.45) is 0 Å². The third-order valence-electron chi connectivity index (χ3n) is 5.25. The third kappa shape index (κ3) is 3.50. The summed E-state index contributed by atoms with van der Waals surface area (Å²) in [6.45, 7) is 6.96. The molecular formula is C16H30N2O. The molecule has 2 saturated heterocycles. The zero-order valence-electron chi connectivity index (χ0n) is 12.6. The van der Waals surface area contributed by atoms with E-state index in [0.29, 0.717) is 12.2 Å². The Morgan fingerprint density at radius 1 is 1.05 bits per heavy atom. The molecule has 0 amide bonds. The first-order valence-electron chi connectivity index (χ1n) is 8.40. The molecule has 2 heterocycles. The number of rotatable bonds is 6. The number of likely N-dealkylation sites (tertiary alicyclic amines) is 1. The quantitative estimate of drug-likeness (QED) is 0.799. The zero-order valence-corrected chi connectivity index (χ0v) is 12.6. The Morgan fingerprint density at radius 2 is 1.84 bits per heavy atom. The zero-order chi connectivity index (χ0) is 13.2. The van der Waals surface area contributed by atoms with Gasteiger partial charge in [-0.15, -0.1) is 0 Å². The summed E-state index contributed by atoms with van der Waals surface area (Å²) in [4.78, 5) is 2.71. The Labute approximate surface area is 118 Å². The Hall–Kier alpha value is -0.120. The number of hydrogen-bond acceptors (Lipinski definition) is 3. The topological polar surface area (TPSA) is 24.5 Å². The second-order valence-corrected chi connectivity index (χ2v) is 6.83. The first-order valence-corrected chi connectivity index (χ1v) is 8.40. The number of nitrogens with zero attached hydrogens (tertiary/aromatic N) is 1. The smallest absolute Gasteiger partial charge is 0.0707 e. The van der Waals surface area contributed by atoms with Gasteiger partial charge in [-0.3, -0.25) is 4.90 Å². The predicted molar refractivity (Wildman–Crippen MR) is 78.4 cm³/mol. The molecule has 0 aromatic carbocycles. The minimum Gasteiger partial charge on any atom is -0.372 e. The van der Waals surface area contributed by atoms with Gasteiger partial charge >= 0.3 is 0 Å². The molecule has 1 aliphatic carbocycles. The molecule has 2 aliphatic heterocycles. The molecule has 0 spiro atoms. The van der Waals surface area contributed by atoms with E-state index in [4.69, 9.17) is 4.74 Å². The van der Waals surface area contributed by atoms with Crippen molar-refractivity contribution >= 4 is 0 Å². The van der Waals surface area contributed by atoms with Crippen LogP contribution in [0.25, 0.3) is 0 Å². The van der Waals surface area contributed by atoms with Gasteiger partial charge in [-0.05, 0) is 51.9 Å². The molecule has 3 aliphatic rings. The van der Waals surface area contributed by atoms with Crippen LogP contribution >= 0.6 is 0 Å². The van der Waals surface area contributed by atoms with E-state index in [2.05, 4.69) is 24.1 Å². The third-order valence-corrected chi connectivity index (χ3v) is 5.25. The Bertz CT molecular complexity index is 292. The maximum atomic E-state index is 6.24. The Kier molecular flexibility index (Phi) is 4.45. The minimum absolute atomic E-state index is 0.476. The molecule has 1 N–H and O–H groups in total. The monoisotopic (exact) mass is 266 g/mol. The first kappa shape index (κ1) is 13.8. The highest BCUT2D eigenvalue weighted by molar-refractivity contribution is 4.89. The lowest BCUT2D eigenvalue weighted by molar-refractivity contribution is 0.0136. The molecule has 3 fully saturated rings. The highest BCUT2D eigenvalue weighted by Gasteiger charge is 2.34. The van der Waals surface area contributed by atoms with E-state index in [1.54, 1.807) is 0 Å². The van der Waals surface area contributed by atoms with Gasteiger partial charge in [0.1, 0.15) is 0 Å². The Morgan fingerprint density at radius 3 is 2.58 bits per heavy atom. The average Bonchev–Trinajstić information content (AvgIpc) is 3.04. The summed E-state index contributed by atoms with van der Waals surface area (Å²) in [5, 5.41) is 3.60. The van der Waals surface area contributed by atoms with E-state index in [0.717, 1.165) is 24.7 Å². The summed E-state index contributed by atoms with van der Waals surface area (Å²) >= 11 is 0. The van der Waals surface area contributed by atoms with Gasteiger partial charge in [0.15, 0.2) is 0 Å². The van der Waals surface area contributed by atoms with E-state index in [9.17, 15) is 0 Å². The second kappa shape index (κ2) is 6.11. The highest BCUT2D eigenvalue weighted by atomic mass is 16.5. The number of nitrogens with one attached hydrogen (secondary N) is 1. The largest absolute Gasteiger partial charge is 0.372 e. The SMILES string of the molecule is CCC1CCC(C)N1CC1CCC(CNC2CC2)O1. The fourth-order valence-electron chi connectivity index (χ4n) is 3.78. The van der Waals surface area contributed by atoms with Crippen molar-refractivity contribution in [2.75, 3.05) is 13.1 Å². The molecule has 3 nitrogen and oxygen atoms in total. The first-order chi connectivity index (χ1) is 9.26. The Balaban J connectivity index is 1.42. The lowest BCUT2D eigenvalue weighted by Gasteiger charge is -2.30. The van der Waals surface area contributed by atoms with Gasteiger partial charge in [-0.1, -0.05) is 6.92 Å². The van der Waals surface area contributed by atoms with E-state index in [-0.39, 0.29) is 0 Å². The second-order valence-electron chi connectivity index (χ2n) is 6.83. The van der Waals surface area contributed by atoms with Gasteiger partial charge in [0.05, 0.1) is 12.2 Å². The highest BCUT2D eigenvalue weighted by Crippen LogP contribution is 2.29. The normalized spacial score (nSPS) is 40.1. The maximum Gasteiger partial charge on any atom is 0.0707 e. The van der Waals surface area contributed by atoms with Crippen molar-refractivity contribution in [1.29, 1.82) is 0 Å². The van der Waals surface area contributed by atoms with Gasteiger partial charge in [0.2, 0.25) is 0 Å². The van der Waals surface area contributed by atoms with Gasteiger partial charge < -0.3 is 10.1 Å². The van der Waals surface area contributed by atoms with Gasteiger partial charge in [-0.25, -0.2) is 0 Å². The van der Waals surface area contributed by atoms with Crippen molar-refractivity contribution < 1.29 is 4.74 Å². The summed E-state index contributed by atoms with van der Waals surface area (Å²) < 4.78 is 6.24. The van der Waals surface area contributed by atoms with Crippen LogP contribution in [-0.2, 0) is 4.74 Å². The molecule has 1 saturated carbocycles. The van der Waals surface area contributed by atoms with Gasteiger partial charge in [0.25, 0.3) is 0 Å². The fourth-order valence-corrected chi connectivity index (χ4v) is 3.78. The molecule has 3 rings (SSSR count). The molecule has 0 bridgehead atoms. The summed E-state index contributed by atoms with van der Waals surface area (Å²) in [6, 6.07) is 2.38. The van der Waals surface area contributed by atoms with Crippen LogP contribution in [0.5, 0.6) is 0 Å². The van der Waals surface area contributed by atoms with E-state index >= 15 is 0 Å². The predicted octanol–water partition coefficient (Wildman–Crippen LogP) is 2.55. The van der Waals surface area contributed by atoms with Crippen LogP contribution in [0.4, 0.5) is 0 Å². The summed E-state index contributed by atoms with van der Waals surface area (Å²) in [7, 11) is 0. The molecule has 4 unspecified atom stereocenters. The molecule has 0 aromatic rings. The number of ether oxygens (including phenoxy) is 1. The van der Waals surface area contributed by atoms with Crippen LogP contribution in [0.2, 0.25) is 0 Å². The molecule has 19 heavy (non-hydrogen) atoms. The fraction of sp³-hybridized carbons (Fsp3) is 1.00. The summed E-state index contributed by atoms with van der Waals surface area (Å²) in [5.41, 5.74) is 0. The van der Waals surface area contributed by atoms with Crippen LogP contribution in [0.1, 0.15) is 58.8 Å². The van der Waals surface area contributed by atoms with Crippen LogP contribution < -0.4 is 5.32 Å². The van der Waals surface area contributed by atoms with Crippen LogP contribution in [-0.4, -0.2) is 48.3 Å².